The van der Waals surface area contributed by atoms with E-state index in [0.29, 0.717) is 50.0 Å². The molecule has 0 aliphatic carbocycles. The number of aldehydes is 1. The standard InChI is InChI=1S/C21H24N2OS.C14H22O2S.C14H20O2S.C12H18O2S.C10H14OS.C9H13BrS.C9H8N2.C7H7BrOS.C4H3BrS.2CH3.4ClH.H2O.Ti.Zn.H2/c1-4-21(2,3)19-11-9-17(25-19)10-12-20(24)23-16-13-15-7-5-6-8-18(15)22-14-16;2*1-5-14(3,4)12-9-7-11(17-12)8-10-13(15)16-6-2;1-4-12(2,3)10-7-5-9(15-10)6-8-11(13)14;1-4-10(2,3)9-6-5-8(7-11)12-9;1-4-9(2,3)7-5-6-8(10)11-7;10-8-5-7-3-1-2-4-9(7)11-6-8;1-2-5(9)6-3-4-7(8)10-6;5-4-2-1-3-6-4;;;;;;;;;;/h5-9,11,13-14H,4,10,12H2,1-3H3,(H,23,24);7,9H,5-6,8,10H2,1-4H3;7-10H,5-6H2,1-4H3;5,7H,4,6,8H2,1-3H3,(H,13,14);5-7H,4H2,1-3H3;5-6H,4H2,1-3H3;1-6H,10H2;3-4H,2H2,1H3;1-3H;2*1H3;4*1H;1H2;;;1H/q;;;;;;;;;2*-1;;;;;;+4;+2;/p-5/b;;10-8+;;;;;;;;;;;;;;;;. The van der Waals surface area contributed by atoms with E-state index in [1.807, 2.05) is 156 Å². The summed E-state index contributed by atoms with van der Waals surface area (Å²) in [4.78, 5) is 89.8. The molecule has 0 radical (unpaired) electrons. The fourth-order valence-corrected chi connectivity index (χ4v) is 20.0. The summed E-state index contributed by atoms with van der Waals surface area (Å²) in [6.07, 6.45) is 18.4. The summed E-state index contributed by atoms with van der Waals surface area (Å²) in [6, 6.07) is 52.8. The maximum Gasteiger partial charge on any atom is 2.00 e. The van der Waals surface area contributed by atoms with Crippen LogP contribution in [-0.4, -0.2) is 69.6 Å². The van der Waals surface area contributed by atoms with Gasteiger partial charge >= 0.3 is 87.0 Å². The van der Waals surface area contributed by atoms with Crippen LogP contribution in [0.2, 0.25) is 0 Å². The molecule has 0 aliphatic heterocycles. The summed E-state index contributed by atoms with van der Waals surface area (Å²) in [5.41, 5.74) is 10.4. The molecule has 10 heterocycles. The van der Waals surface area contributed by atoms with Crippen LogP contribution in [0.4, 0.5) is 11.4 Å². The number of rotatable bonds is 29. The number of benzene rings is 2. The van der Waals surface area contributed by atoms with Crippen molar-refractivity contribution in [3.8, 4) is 0 Å². The van der Waals surface area contributed by atoms with Crippen molar-refractivity contribution in [2.24, 2.45) is 0 Å². The third-order valence-electron chi connectivity index (χ3n) is 21.1. The number of anilines is 2. The minimum atomic E-state index is -3.11. The van der Waals surface area contributed by atoms with Gasteiger partial charge in [0, 0.05) is 79.9 Å². The summed E-state index contributed by atoms with van der Waals surface area (Å²) >= 11 is 20.7. The first-order valence-corrected chi connectivity index (χ1v) is 60.5. The van der Waals surface area contributed by atoms with Crippen molar-refractivity contribution in [3.05, 3.63) is 266 Å². The van der Waals surface area contributed by atoms with Gasteiger partial charge in [-0.25, -0.2) is 4.79 Å². The van der Waals surface area contributed by atoms with Crippen LogP contribution in [0, 0.1) is 14.9 Å². The number of nitrogens with one attached hydrogen (secondary N) is 1. The van der Waals surface area contributed by atoms with Gasteiger partial charge in [0.15, 0.2) is 12.1 Å². The number of carbonyl (C=O) groups is 6. The molecule has 0 atom stereocenters. The van der Waals surface area contributed by atoms with Gasteiger partial charge in [0.2, 0.25) is 5.91 Å². The third kappa shape index (κ3) is 51.5. The quantitative estimate of drug-likeness (QED) is 0.00989. The Morgan fingerprint density at radius 3 is 1.23 bits per heavy atom. The smallest absolute Gasteiger partial charge is 0.870 e. The number of ketones is 1. The van der Waals surface area contributed by atoms with Gasteiger partial charge in [0.25, 0.3) is 0 Å². The second kappa shape index (κ2) is 66.3. The number of Topliss-reactive ketones (excluding diaryl/α,β-unsaturated/α-hetero) is 1. The maximum absolute atomic E-state index is 12.2. The summed E-state index contributed by atoms with van der Waals surface area (Å²) in [5.74, 6) is -0.855. The first-order valence-electron chi connectivity index (χ1n) is 43.0. The molecule has 0 saturated carbocycles. The fourth-order valence-electron chi connectivity index (χ4n) is 10.6. The zero-order chi connectivity index (χ0) is 96.9. The molecular formula is C102H138Br3Cl4N4O10S8TiZn-. The summed E-state index contributed by atoms with van der Waals surface area (Å²) < 4.78 is 13.2. The van der Waals surface area contributed by atoms with Crippen LogP contribution < -0.4 is 11.1 Å². The van der Waals surface area contributed by atoms with E-state index in [9.17, 15) is 28.8 Å². The van der Waals surface area contributed by atoms with Gasteiger partial charge in [-0.15, -0.1) is 90.7 Å². The molecule has 12 aromatic rings. The van der Waals surface area contributed by atoms with Crippen LogP contribution in [0.1, 0.15) is 279 Å². The van der Waals surface area contributed by atoms with Gasteiger partial charge in [-0.1, -0.05) is 174 Å². The molecule has 0 bridgehead atoms. The molecule has 5 N–H and O–H groups in total. The molecule has 10 aromatic heterocycles. The number of carboxylic acids is 1. The third-order valence-corrected chi connectivity index (χ3v) is 33.6. The van der Waals surface area contributed by atoms with E-state index in [0.717, 1.165) is 97.1 Å². The normalized spacial score (nSPS) is 11.0. The number of nitrogens with two attached hydrogens (primary N) is 1. The Balaban J connectivity index is -0.00000145. The summed E-state index contributed by atoms with van der Waals surface area (Å²) in [5, 5.41) is 15.7. The SMILES string of the molecule is Brc1cccs1.CCC(=O)c1ccc(Br)s1.CCC(C)(C)c1ccc(Br)s1.CCC(C)(C)c1ccc(C=O)s1.CCC(C)(C)c1ccc(CCC(=O)Nc2cnc3ccccc3c2)s1.CCC(C)(C)c1ccc(CCC(=O)O)s1.CCOC(=O)/C=C/c1ccc(C(C)(C)CC)s1.CCOC(=O)CCc1ccc(C(C)(C)CC)s1.Nc1cnc2ccccc2c1.[CH3-].[CH3-].[Cl][Ti]([Cl])([Cl])[Cl].[HH].[OH-].[Zn+2]. The number of nitrogens with zero attached hydrogens (tertiary/aromatic N) is 2. The average Bonchev–Trinajstić information content (AvgIpc) is 1.82. The zero-order valence-corrected chi connectivity index (χ0v) is 100. The molecule has 0 unspecified atom stereocenters. The molecule has 133 heavy (non-hydrogen) atoms. The predicted octanol–water partition coefficient (Wildman–Crippen LogP) is 35.6. The first-order chi connectivity index (χ1) is 60.6. The largest absolute Gasteiger partial charge is 2.00 e. The number of halogens is 7. The Morgan fingerprint density at radius 1 is 0.474 bits per heavy atom. The van der Waals surface area contributed by atoms with E-state index >= 15 is 0 Å². The van der Waals surface area contributed by atoms with Gasteiger partial charge in [0.05, 0.1) is 82.0 Å². The van der Waals surface area contributed by atoms with Crippen LogP contribution in [0.5, 0.6) is 0 Å². The van der Waals surface area contributed by atoms with Crippen molar-refractivity contribution in [2.75, 3.05) is 24.3 Å². The number of aliphatic carboxylic acids is 1. The molecule has 0 spiro atoms. The minimum absolute atomic E-state index is 0. The van der Waals surface area contributed by atoms with E-state index in [-0.39, 0.29) is 98.4 Å². The molecule has 31 heteroatoms. The molecule has 0 saturated heterocycles. The van der Waals surface area contributed by atoms with Crippen molar-refractivity contribution in [2.45, 2.75) is 261 Å². The Morgan fingerprint density at radius 2 is 0.857 bits per heavy atom. The Bertz CT molecular complexity index is 5360. The Labute approximate surface area is 884 Å². The number of esters is 2. The van der Waals surface area contributed by atoms with Crippen LogP contribution >= 0.6 is 176 Å². The number of aromatic nitrogens is 2. The molecule has 0 fully saturated rings. The molecule has 1 amide bonds. The molecular weight excluding hydrogens is 2190 g/mol. The molecule has 0 aliphatic rings. The number of para-hydroxylation sites is 2. The van der Waals surface area contributed by atoms with E-state index in [4.69, 9.17) is 57.5 Å². The van der Waals surface area contributed by atoms with E-state index in [1.54, 1.807) is 64.7 Å². The molecule has 730 valence electrons. The number of hydrogen-bond acceptors (Lipinski definition) is 20. The number of carboxylic acid groups (broad SMARTS) is 1. The fraction of sp³-hybridized carbons (Fsp3) is 0.412. The second-order valence-corrected chi connectivity index (χ2v) is 61.7. The van der Waals surface area contributed by atoms with Gasteiger partial charge in [0.1, 0.15) is 0 Å². The number of fused-ring (bicyclic) bond motifs is 2. The van der Waals surface area contributed by atoms with Crippen molar-refractivity contribution >= 4 is 251 Å². The minimum Gasteiger partial charge on any atom is -0.870 e. The monoisotopic (exact) mass is 2320 g/mol. The van der Waals surface area contributed by atoms with Crippen LogP contribution in [-0.2, 0) is 112 Å². The summed E-state index contributed by atoms with van der Waals surface area (Å²) in [7, 11) is 20.1. The van der Waals surface area contributed by atoms with Crippen LogP contribution in [0.25, 0.3) is 27.9 Å². The number of thiophene rings is 8. The van der Waals surface area contributed by atoms with E-state index < -0.39 is 18.3 Å². The van der Waals surface area contributed by atoms with Gasteiger partial charge in [-0.05, 0) is 279 Å². The van der Waals surface area contributed by atoms with Gasteiger partial charge in [-0.3, -0.25) is 33.9 Å². The topological polar surface area (TPSA) is 235 Å². The Kier molecular flexibility index (Phi) is 65.0. The molecule has 14 nitrogen and oxygen atoms in total. The Hall–Kier alpha value is -4.48. The predicted molar refractivity (Wildman–Crippen MR) is 589 cm³/mol. The van der Waals surface area contributed by atoms with Crippen LogP contribution in [0.3, 0.4) is 0 Å². The van der Waals surface area contributed by atoms with Crippen molar-refractivity contribution in [1.29, 1.82) is 0 Å². The van der Waals surface area contributed by atoms with Gasteiger partial charge in [-0.2, -0.15) is 0 Å². The van der Waals surface area contributed by atoms with Gasteiger partial charge < -0.3 is 46.0 Å². The molecule has 12 rings (SSSR count). The number of ether oxygens (including phenoxy) is 2. The van der Waals surface area contributed by atoms with Crippen molar-refractivity contribution in [3.63, 3.8) is 0 Å². The first kappa shape index (κ1) is 131. The zero-order valence-electron chi connectivity index (χ0n) is 81.3. The van der Waals surface area contributed by atoms with E-state index in [1.165, 1.54) is 75.3 Å². The second-order valence-electron chi connectivity index (χ2n) is 33.3. The summed E-state index contributed by atoms with van der Waals surface area (Å²) in [6.45, 7) is 46.5. The maximum atomic E-state index is 12.2. The number of pyridine rings is 2. The number of aryl methyl sites for hydroxylation is 3. The molecule has 2 aromatic carbocycles. The average molecular weight is 2330 g/mol. The number of nitrogen functional groups attached to an aromatic ring is 1. The van der Waals surface area contributed by atoms with E-state index in [2.05, 4.69) is 248 Å². The number of hydrogen-bond donors (Lipinski definition) is 3. The van der Waals surface area contributed by atoms with Crippen molar-refractivity contribution < 1.29 is 82.1 Å². The number of amides is 1. The van der Waals surface area contributed by atoms with Crippen molar-refractivity contribution in [1.82, 2.24) is 9.97 Å². The van der Waals surface area contributed by atoms with Crippen LogP contribution in [0.15, 0.2) is 193 Å². The number of carbonyl (C=O) groups excluding carboxylic acids is 5.